The molecule has 1 aromatic rings. The summed E-state index contributed by atoms with van der Waals surface area (Å²) >= 11 is 5.91. The molecule has 0 aliphatic heterocycles. The minimum absolute atomic E-state index is 0.0318. The van der Waals surface area contributed by atoms with E-state index in [4.69, 9.17) is 17.4 Å². The average molecular weight is 534 g/mol. The summed E-state index contributed by atoms with van der Waals surface area (Å²) in [6, 6.07) is 9.65. The molecule has 0 bridgehead atoms. The third-order valence-electron chi connectivity index (χ3n) is 7.26. The van der Waals surface area contributed by atoms with Crippen molar-refractivity contribution < 1.29 is 14.8 Å². The Kier molecular flexibility index (Phi) is 17.9. The summed E-state index contributed by atoms with van der Waals surface area (Å²) in [7, 11) is 0. The van der Waals surface area contributed by atoms with Gasteiger partial charge in [-0.05, 0) is 31.4 Å². The number of amides is 2. The number of carbonyl (C=O) groups excluding carboxylic acids is 2. The lowest BCUT2D eigenvalue weighted by Gasteiger charge is -2.33. The summed E-state index contributed by atoms with van der Waals surface area (Å²) in [4.78, 5) is 28.1. The van der Waals surface area contributed by atoms with Crippen LogP contribution in [0.15, 0.2) is 30.3 Å². The Morgan fingerprint density at radius 2 is 1.49 bits per heavy atom. The zero-order chi connectivity index (χ0) is 27.5. The fourth-order valence-electron chi connectivity index (χ4n) is 4.67. The van der Waals surface area contributed by atoms with E-state index in [1.54, 1.807) is 5.48 Å². The zero-order valence-corrected chi connectivity index (χ0v) is 24.5. The van der Waals surface area contributed by atoms with E-state index >= 15 is 0 Å². The highest BCUT2D eigenvalue weighted by Crippen LogP contribution is 2.22. The second-order valence-electron chi connectivity index (χ2n) is 10.2. The van der Waals surface area contributed by atoms with Crippen molar-refractivity contribution in [3.8, 4) is 0 Å². The zero-order valence-electron chi connectivity index (χ0n) is 23.6. The van der Waals surface area contributed by atoms with Gasteiger partial charge >= 0.3 is 0 Å². The molecule has 6 nitrogen and oxygen atoms in total. The van der Waals surface area contributed by atoms with Crippen molar-refractivity contribution in [2.45, 2.75) is 117 Å². The molecule has 1 rings (SSSR count). The highest BCUT2D eigenvalue weighted by Gasteiger charge is 2.30. The van der Waals surface area contributed by atoms with Gasteiger partial charge in [-0.15, -0.1) is 0 Å². The Labute approximate surface area is 230 Å². The van der Waals surface area contributed by atoms with Crippen LogP contribution >= 0.6 is 12.2 Å². The number of hydroxylamine groups is 1. The van der Waals surface area contributed by atoms with E-state index in [-0.39, 0.29) is 24.3 Å². The van der Waals surface area contributed by atoms with E-state index in [0.717, 1.165) is 31.4 Å². The average Bonchev–Trinajstić information content (AvgIpc) is 2.92. The molecule has 0 fully saturated rings. The van der Waals surface area contributed by atoms with Crippen molar-refractivity contribution in [1.29, 1.82) is 0 Å². The van der Waals surface area contributed by atoms with Gasteiger partial charge in [0.2, 0.25) is 11.8 Å². The number of thiocarbonyl (C=S) groups is 1. The molecule has 0 heterocycles. The smallest absolute Gasteiger partial charge is 0.244 e. The molecule has 1 unspecified atom stereocenters. The molecule has 0 saturated carbocycles. The monoisotopic (exact) mass is 533 g/mol. The van der Waals surface area contributed by atoms with Crippen molar-refractivity contribution in [2.24, 2.45) is 11.8 Å². The molecule has 7 heteroatoms. The Morgan fingerprint density at radius 3 is 2.00 bits per heavy atom. The predicted octanol–water partition coefficient (Wildman–Crippen LogP) is 7.19. The molecule has 0 radical (unpaired) electrons. The molecule has 37 heavy (non-hydrogen) atoms. The number of para-hydroxylation sites is 1. The second kappa shape index (κ2) is 20.0. The number of hydrogen-bond donors (Lipinski definition) is 3. The van der Waals surface area contributed by atoms with Gasteiger partial charge in [-0.3, -0.25) is 14.8 Å². The third kappa shape index (κ3) is 12.9. The number of carbonyl (C=O) groups is 2. The standard InChI is InChI=1S/C30H51N3O3S/c1-5-8-9-10-11-12-13-14-15-17-20-25(23-27(34)32-36)29(35)31-28(24(4)6-2)30(37)33(7-3)26-21-18-16-19-22-26/h16,18-19,21-22,24-25,28,36H,5-15,17,20,23H2,1-4H3,(H,31,35)(H,32,34)/t24?,25-,28+/m1/s1. The lowest BCUT2D eigenvalue weighted by atomic mass is 9.93. The minimum atomic E-state index is -0.533. The van der Waals surface area contributed by atoms with Gasteiger partial charge in [0.1, 0.15) is 4.99 Å². The molecular weight excluding hydrogens is 482 g/mol. The molecule has 3 atom stereocenters. The van der Waals surface area contributed by atoms with Gasteiger partial charge in [0.05, 0.1) is 6.04 Å². The Hall–Kier alpha value is -1.99. The number of rotatable bonds is 20. The van der Waals surface area contributed by atoms with Crippen LogP contribution in [0.2, 0.25) is 0 Å². The fraction of sp³-hybridized carbons (Fsp3) is 0.700. The first kappa shape index (κ1) is 33.0. The quantitative estimate of drug-likeness (QED) is 0.0715. The van der Waals surface area contributed by atoms with E-state index in [0.29, 0.717) is 18.0 Å². The molecule has 0 aliphatic rings. The Morgan fingerprint density at radius 1 is 0.919 bits per heavy atom. The lowest BCUT2D eigenvalue weighted by molar-refractivity contribution is -0.135. The molecule has 0 aromatic heterocycles. The fourth-order valence-corrected chi connectivity index (χ4v) is 5.19. The largest absolute Gasteiger partial charge is 0.346 e. The summed E-state index contributed by atoms with van der Waals surface area (Å²) in [6.45, 7) is 9.16. The van der Waals surface area contributed by atoms with Crippen LogP contribution in [-0.2, 0) is 9.59 Å². The Bertz CT molecular complexity index is 775. The number of anilines is 1. The first-order valence-electron chi connectivity index (χ1n) is 14.5. The van der Waals surface area contributed by atoms with Crippen LogP contribution in [0.4, 0.5) is 5.69 Å². The van der Waals surface area contributed by atoms with Crippen molar-refractivity contribution in [3.63, 3.8) is 0 Å². The SMILES string of the molecule is CCCCCCCCCCCC[C@H](CC(=O)NO)C(=O)N[C@H](C(=S)N(CC)c1ccccc1)C(C)CC. The van der Waals surface area contributed by atoms with E-state index in [1.165, 1.54) is 44.9 Å². The van der Waals surface area contributed by atoms with Crippen LogP contribution in [0.1, 0.15) is 111 Å². The van der Waals surface area contributed by atoms with Crippen LogP contribution < -0.4 is 15.7 Å². The van der Waals surface area contributed by atoms with Crippen LogP contribution in [0, 0.1) is 11.8 Å². The van der Waals surface area contributed by atoms with Crippen molar-refractivity contribution in [3.05, 3.63) is 30.3 Å². The molecule has 0 spiro atoms. The van der Waals surface area contributed by atoms with E-state index in [9.17, 15) is 9.59 Å². The van der Waals surface area contributed by atoms with E-state index < -0.39 is 11.8 Å². The topological polar surface area (TPSA) is 81.7 Å². The van der Waals surface area contributed by atoms with Crippen LogP contribution in [0.5, 0.6) is 0 Å². The third-order valence-corrected chi connectivity index (χ3v) is 7.73. The number of nitrogens with one attached hydrogen (secondary N) is 2. The van der Waals surface area contributed by atoms with Crippen molar-refractivity contribution >= 4 is 34.7 Å². The molecule has 1 aromatic carbocycles. The number of nitrogens with zero attached hydrogens (tertiary/aromatic N) is 1. The van der Waals surface area contributed by atoms with Crippen molar-refractivity contribution in [1.82, 2.24) is 10.8 Å². The van der Waals surface area contributed by atoms with Gasteiger partial charge in [0.15, 0.2) is 0 Å². The summed E-state index contributed by atoms with van der Waals surface area (Å²) < 4.78 is 0. The molecule has 0 saturated heterocycles. The maximum Gasteiger partial charge on any atom is 0.244 e. The van der Waals surface area contributed by atoms with E-state index in [2.05, 4.69) is 31.0 Å². The molecule has 0 aliphatic carbocycles. The summed E-state index contributed by atoms with van der Waals surface area (Å²) in [5, 5.41) is 12.3. The maximum atomic E-state index is 13.4. The van der Waals surface area contributed by atoms with Gasteiger partial charge in [0.25, 0.3) is 0 Å². The number of benzene rings is 1. The summed E-state index contributed by atoms with van der Waals surface area (Å²) in [5.74, 6) is -1.06. The maximum absolute atomic E-state index is 13.4. The van der Waals surface area contributed by atoms with Crippen LogP contribution in [-0.4, -0.2) is 34.6 Å². The van der Waals surface area contributed by atoms with Crippen LogP contribution in [0.25, 0.3) is 0 Å². The number of likely N-dealkylation sites (N-methyl/N-ethyl adjacent to an activating group) is 1. The summed E-state index contributed by atoms with van der Waals surface area (Å²) in [6.07, 6.45) is 13.6. The van der Waals surface area contributed by atoms with Gasteiger partial charge in [-0.25, -0.2) is 5.48 Å². The normalized spacial score (nSPS) is 13.4. The Balaban J connectivity index is 2.74. The lowest BCUT2D eigenvalue weighted by Crippen LogP contribution is -2.52. The minimum Gasteiger partial charge on any atom is -0.346 e. The molecule has 210 valence electrons. The number of unbranched alkanes of at least 4 members (excludes halogenated alkanes) is 9. The van der Waals surface area contributed by atoms with Crippen LogP contribution in [0.3, 0.4) is 0 Å². The van der Waals surface area contributed by atoms with Gasteiger partial charge in [-0.2, -0.15) is 0 Å². The highest BCUT2D eigenvalue weighted by molar-refractivity contribution is 7.80. The van der Waals surface area contributed by atoms with E-state index in [1.807, 2.05) is 37.3 Å². The molecular formula is C30H51N3O3S. The predicted molar refractivity (Wildman–Crippen MR) is 158 cm³/mol. The first-order chi connectivity index (χ1) is 17.9. The van der Waals surface area contributed by atoms with Crippen molar-refractivity contribution in [2.75, 3.05) is 11.4 Å². The second-order valence-corrected chi connectivity index (χ2v) is 10.6. The van der Waals surface area contributed by atoms with Gasteiger partial charge < -0.3 is 10.2 Å². The first-order valence-corrected chi connectivity index (χ1v) is 14.9. The highest BCUT2D eigenvalue weighted by atomic mass is 32.1. The summed E-state index contributed by atoms with van der Waals surface area (Å²) in [5.41, 5.74) is 2.69. The van der Waals surface area contributed by atoms with Gasteiger partial charge in [0, 0.05) is 24.6 Å². The number of hydrogen-bond acceptors (Lipinski definition) is 4. The molecule has 3 N–H and O–H groups in total. The molecule has 2 amide bonds. The van der Waals surface area contributed by atoms with Gasteiger partial charge in [-0.1, -0.05) is 122 Å².